The molecule has 12 heteroatoms. The zero-order chi connectivity index (χ0) is 24.8. The van der Waals surface area contributed by atoms with Crippen LogP contribution in [-0.4, -0.2) is 56.4 Å². The number of carbonyl (C=O) groups excluding carboxylic acids is 1. The van der Waals surface area contributed by atoms with E-state index >= 15 is 0 Å². The first-order valence-corrected chi connectivity index (χ1v) is 12.8. The summed E-state index contributed by atoms with van der Waals surface area (Å²) in [5, 5.41) is 0. The minimum Gasteiger partial charge on any atom is -0.465 e. The largest absolute Gasteiger partial charge is 0.465 e. The number of aliphatic imine (C=N–C) groups is 1. The second-order valence-corrected chi connectivity index (χ2v) is 10.6. The van der Waals surface area contributed by atoms with Gasteiger partial charge in [0, 0.05) is 29.4 Å². The molecular formula is C21H28F3N3O4S2. The van der Waals surface area contributed by atoms with E-state index in [-0.39, 0.29) is 18.0 Å². The monoisotopic (exact) mass is 507 g/mol. The first-order chi connectivity index (χ1) is 15.4. The van der Waals surface area contributed by atoms with Gasteiger partial charge in [0.25, 0.3) is 0 Å². The number of hydrogen-bond donors (Lipinski definition) is 1. The van der Waals surface area contributed by atoms with Crippen molar-refractivity contribution in [2.75, 3.05) is 26.0 Å². The topological polar surface area (TPSA) is 102 Å². The lowest BCUT2D eigenvalue weighted by Gasteiger charge is -2.33. The number of rotatable bonds is 8. The Hall–Kier alpha value is -2.05. The maximum Gasteiger partial charge on any atom is 0.416 e. The van der Waals surface area contributed by atoms with E-state index in [4.69, 9.17) is 10.5 Å². The number of carbonyl (C=O) groups is 1. The van der Waals surface area contributed by atoms with E-state index in [1.165, 1.54) is 19.3 Å². The summed E-state index contributed by atoms with van der Waals surface area (Å²) in [7, 11) is -2.98. The van der Waals surface area contributed by atoms with Gasteiger partial charge < -0.3 is 10.5 Å². The number of halogens is 3. The Labute approximate surface area is 196 Å². The summed E-state index contributed by atoms with van der Waals surface area (Å²) in [5.74, 6) is -0.0334. The van der Waals surface area contributed by atoms with Crippen molar-refractivity contribution >= 4 is 33.5 Å². The second kappa shape index (κ2) is 11.4. The van der Waals surface area contributed by atoms with Crippen molar-refractivity contribution in [2.24, 2.45) is 10.7 Å². The van der Waals surface area contributed by atoms with Crippen LogP contribution in [0.2, 0.25) is 0 Å². The molecule has 7 nitrogen and oxygen atoms in total. The summed E-state index contributed by atoms with van der Waals surface area (Å²) in [6.45, 7) is 3.42. The molecule has 1 aliphatic carbocycles. The summed E-state index contributed by atoms with van der Waals surface area (Å²) < 4.78 is 72.8. The predicted molar refractivity (Wildman–Crippen MR) is 122 cm³/mol. The number of sulfonamides is 1. The van der Waals surface area contributed by atoms with Crippen LogP contribution in [0.5, 0.6) is 0 Å². The molecule has 1 aliphatic rings. The molecule has 33 heavy (non-hydrogen) atoms. The fourth-order valence-electron chi connectivity index (χ4n) is 3.55. The van der Waals surface area contributed by atoms with Gasteiger partial charge in [0.1, 0.15) is 6.54 Å². The van der Waals surface area contributed by atoms with Crippen LogP contribution in [-0.2, 0) is 25.7 Å². The number of nitrogens with two attached hydrogens (primary N) is 1. The molecule has 0 aromatic heterocycles. The minimum absolute atomic E-state index is 0.210. The molecule has 184 valence electrons. The van der Waals surface area contributed by atoms with Gasteiger partial charge in [-0.2, -0.15) is 17.5 Å². The van der Waals surface area contributed by atoms with Crippen LogP contribution in [0.15, 0.2) is 44.8 Å². The highest BCUT2D eigenvalue weighted by Gasteiger charge is 2.37. The van der Waals surface area contributed by atoms with E-state index in [1.54, 1.807) is 13.8 Å². The Morgan fingerprint density at radius 3 is 2.61 bits per heavy atom. The zero-order valence-electron chi connectivity index (χ0n) is 18.7. The lowest BCUT2D eigenvalue weighted by molar-refractivity contribution is -0.141. The van der Waals surface area contributed by atoms with Crippen LogP contribution in [0.3, 0.4) is 0 Å². The molecule has 1 fully saturated rings. The standard InChI is InChI=1S/C21H28F3N3O4S2/c1-4-31-20(28)13-26-18-7-6-8-19(17(18)12-25)27(3)33(29,30)16-10-14(21(22,23)24)9-15(11-16)32-5-2/h9-12,19H,4-8,13,25H2,1-3H3/t19-/m1/s1. The van der Waals surface area contributed by atoms with Crippen LogP contribution in [0, 0.1) is 0 Å². The molecule has 0 amide bonds. The SMILES string of the molecule is CCOC(=O)CN=C1CCC[C@@H](N(C)S(=O)(=O)c2cc(SCC)cc(C(F)(F)F)c2)C1=CN. The molecule has 2 N–H and O–H groups in total. The third-order valence-corrected chi connectivity index (χ3v) is 7.80. The molecule has 0 spiro atoms. The van der Waals surface area contributed by atoms with Crippen molar-refractivity contribution in [3.63, 3.8) is 0 Å². The van der Waals surface area contributed by atoms with Gasteiger partial charge in [-0.05, 0) is 50.1 Å². The van der Waals surface area contributed by atoms with Crippen molar-refractivity contribution < 1.29 is 31.1 Å². The first-order valence-electron chi connectivity index (χ1n) is 10.4. The Kier molecular flexibility index (Phi) is 9.38. The summed E-state index contributed by atoms with van der Waals surface area (Å²) >= 11 is 1.12. The van der Waals surface area contributed by atoms with Crippen molar-refractivity contribution in [2.45, 2.75) is 55.1 Å². The van der Waals surface area contributed by atoms with Gasteiger partial charge in [-0.25, -0.2) is 8.42 Å². The molecule has 1 aromatic carbocycles. The minimum atomic E-state index is -4.69. The highest BCUT2D eigenvalue weighted by atomic mass is 32.2. The van der Waals surface area contributed by atoms with Crippen molar-refractivity contribution in [3.05, 3.63) is 35.5 Å². The maximum atomic E-state index is 13.4. The van der Waals surface area contributed by atoms with E-state index in [0.717, 1.165) is 22.1 Å². The summed E-state index contributed by atoms with van der Waals surface area (Å²) in [4.78, 5) is 15.7. The van der Waals surface area contributed by atoms with E-state index < -0.39 is 38.7 Å². The average molecular weight is 508 g/mol. The van der Waals surface area contributed by atoms with Gasteiger partial charge in [0.05, 0.1) is 23.1 Å². The van der Waals surface area contributed by atoms with Crippen LogP contribution >= 0.6 is 11.8 Å². The van der Waals surface area contributed by atoms with Gasteiger partial charge >= 0.3 is 12.1 Å². The van der Waals surface area contributed by atoms with Gasteiger partial charge in [0.15, 0.2) is 0 Å². The molecule has 1 atom stereocenters. The molecular weight excluding hydrogens is 479 g/mol. The highest BCUT2D eigenvalue weighted by Crippen LogP contribution is 2.36. The second-order valence-electron chi connectivity index (χ2n) is 7.24. The van der Waals surface area contributed by atoms with Crippen LogP contribution in [0.25, 0.3) is 0 Å². The number of hydrogen-bond acceptors (Lipinski definition) is 7. The smallest absolute Gasteiger partial charge is 0.416 e. The van der Waals surface area contributed by atoms with E-state index in [1.807, 2.05) is 0 Å². The molecule has 0 saturated heterocycles. The van der Waals surface area contributed by atoms with Crippen LogP contribution in [0.1, 0.15) is 38.7 Å². The molecule has 0 radical (unpaired) electrons. The number of nitrogens with zero attached hydrogens (tertiary/aromatic N) is 2. The molecule has 2 rings (SSSR count). The Morgan fingerprint density at radius 2 is 2.03 bits per heavy atom. The number of esters is 1. The molecule has 0 aliphatic heterocycles. The zero-order valence-corrected chi connectivity index (χ0v) is 20.3. The lowest BCUT2D eigenvalue weighted by Crippen LogP contribution is -2.42. The maximum absolute atomic E-state index is 13.4. The molecule has 1 saturated carbocycles. The number of thioether (sulfide) groups is 1. The van der Waals surface area contributed by atoms with Crippen LogP contribution in [0.4, 0.5) is 13.2 Å². The average Bonchev–Trinajstić information content (AvgIpc) is 2.76. The van der Waals surface area contributed by atoms with Crippen molar-refractivity contribution in [1.82, 2.24) is 4.31 Å². The molecule has 0 heterocycles. The number of alkyl halides is 3. The predicted octanol–water partition coefficient (Wildman–Crippen LogP) is 3.84. The van der Waals surface area contributed by atoms with Gasteiger partial charge in [-0.15, -0.1) is 11.8 Å². The summed E-state index contributed by atoms with van der Waals surface area (Å²) in [6, 6.07) is 2.11. The third kappa shape index (κ3) is 6.73. The first kappa shape index (κ1) is 27.2. The van der Waals surface area contributed by atoms with Gasteiger partial charge in [-0.1, -0.05) is 6.92 Å². The van der Waals surface area contributed by atoms with Gasteiger partial charge in [0.2, 0.25) is 10.0 Å². The normalized spacial score (nSPS) is 19.9. The Balaban J connectivity index is 2.42. The third-order valence-electron chi connectivity index (χ3n) is 5.10. The number of ether oxygens (including phenoxy) is 1. The number of benzene rings is 1. The molecule has 0 unspecified atom stereocenters. The summed E-state index contributed by atoms with van der Waals surface area (Å²) in [6.07, 6.45) is -1.97. The lowest BCUT2D eigenvalue weighted by atomic mass is 9.88. The van der Waals surface area contributed by atoms with E-state index in [9.17, 15) is 26.4 Å². The van der Waals surface area contributed by atoms with Crippen LogP contribution < -0.4 is 5.73 Å². The number of likely N-dealkylation sites (N-methyl/N-ethyl adjacent to an activating group) is 1. The van der Waals surface area contributed by atoms with E-state index in [0.29, 0.717) is 42.4 Å². The fraction of sp³-hybridized carbons (Fsp3) is 0.524. The summed E-state index contributed by atoms with van der Waals surface area (Å²) in [5.41, 5.74) is 5.66. The van der Waals surface area contributed by atoms with Crippen molar-refractivity contribution in [3.8, 4) is 0 Å². The highest BCUT2D eigenvalue weighted by molar-refractivity contribution is 7.99. The Morgan fingerprint density at radius 1 is 1.33 bits per heavy atom. The molecule has 0 bridgehead atoms. The van der Waals surface area contributed by atoms with E-state index in [2.05, 4.69) is 4.99 Å². The van der Waals surface area contributed by atoms with Gasteiger partial charge in [-0.3, -0.25) is 9.79 Å². The fourth-order valence-corrected chi connectivity index (χ4v) is 5.81. The molecule has 1 aromatic rings. The quantitative estimate of drug-likeness (QED) is 0.424. The Bertz CT molecular complexity index is 1020. The van der Waals surface area contributed by atoms with Crippen molar-refractivity contribution in [1.29, 1.82) is 0 Å².